The summed E-state index contributed by atoms with van der Waals surface area (Å²) in [7, 11) is 0. The number of hydrogen-bond acceptors (Lipinski definition) is 0. The van der Waals surface area contributed by atoms with Crippen LogP contribution in [0.5, 0.6) is 0 Å². The molecule has 0 amide bonds. The van der Waals surface area contributed by atoms with Crippen LogP contribution in [0.4, 0.5) is 4.39 Å². The Labute approximate surface area is 84.4 Å². The van der Waals surface area contributed by atoms with Gasteiger partial charge in [-0.15, -0.1) is 37.2 Å². The second-order valence-corrected chi connectivity index (χ2v) is 1.75. The lowest BCUT2D eigenvalue weighted by molar-refractivity contribution is 0.618. The van der Waals surface area contributed by atoms with Crippen molar-refractivity contribution in [1.82, 2.24) is 0 Å². The van der Waals surface area contributed by atoms with Gasteiger partial charge in [0.1, 0.15) is 5.82 Å². The minimum atomic E-state index is -0.132. The van der Waals surface area contributed by atoms with Gasteiger partial charge in [-0.2, -0.15) is 0 Å². The molecule has 1 aromatic carbocycles. The molecule has 1 rings (SSSR count). The Morgan fingerprint density at radius 3 is 1.73 bits per heavy atom. The molecule has 0 nitrogen and oxygen atoms in total. The fourth-order valence-electron chi connectivity index (χ4n) is 0.551. The summed E-state index contributed by atoms with van der Waals surface area (Å²) in [6, 6.07) is 6.70. The predicted molar refractivity (Wildman–Crippen MR) is 52.9 cm³/mol. The van der Waals surface area contributed by atoms with Crippen LogP contribution in [0, 0.1) is 12.7 Å². The van der Waals surface area contributed by atoms with Crippen molar-refractivity contribution in [2.45, 2.75) is 6.92 Å². The number of aryl methyl sites for hydroxylation is 1. The summed E-state index contributed by atoms with van der Waals surface area (Å²) in [4.78, 5) is 0. The molecule has 4 heteroatoms. The molecule has 0 unspecified atom stereocenters. The molecular formula is C7H10Cl3F. The van der Waals surface area contributed by atoms with Crippen LogP contribution in [-0.2, 0) is 0 Å². The van der Waals surface area contributed by atoms with E-state index in [-0.39, 0.29) is 43.0 Å². The SMILES string of the molecule is Cc1ccccc1F.Cl.Cl.Cl. The van der Waals surface area contributed by atoms with Gasteiger partial charge in [0, 0.05) is 0 Å². The van der Waals surface area contributed by atoms with Crippen molar-refractivity contribution in [1.29, 1.82) is 0 Å². The Balaban J connectivity index is -0.000000213. The van der Waals surface area contributed by atoms with Crippen molar-refractivity contribution in [3.8, 4) is 0 Å². The quantitative estimate of drug-likeness (QED) is 0.627. The second kappa shape index (κ2) is 8.12. The molecule has 1 aromatic rings. The van der Waals surface area contributed by atoms with Crippen LogP contribution in [0.3, 0.4) is 0 Å². The highest BCUT2D eigenvalue weighted by molar-refractivity contribution is 5.86. The molecule has 0 aliphatic carbocycles. The van der Waals surface area contributed by atoms with Gasteiger partial charge in [-0.1, -0.05) is 18.2 Å². The Bertz CT molecular complexity index is 170. The molecule has 0 saturated heterocycles. The molecule has 0 atom stereocenters. The van der Waals surface area contributed by atoms with Gasteiger partial charge in [-0.05, 0) is 18.6 Å². The van der Waals surface area contributed by atoms with Crippen LogP contribution in [0.25, 0.3) is 0 Å². The number of benzene rings is 1. The maximum absolute atomic E-state index is 12.3. The van der Waals surface area contributed by atoms with Crippen molar-refractivity contribution >= 4 is 37.2 Å². The Hall–Kier alpha value is 0.0200. The monoisotopic (exact) mass is 218 g/mol. The molecule has 0 spiro atoms. The molecule has 0 radical (unpaired) electrons. The van der Waals surface area contributed by atoms with Crippen molar-refractivity contribution in [2.24, 2.45) is 0 Å². The second-order valence-electron chi connectivity index (χ2n) is 1.75. The van der Waals surface area contributed by atoms with E-state index in [2.05, 4.69) is 0 Å². The van der Waals surface area contributed by atoms with Crippen LogP contribution >= 0.6 is 37.2 Å². The van der Waals surface area contributed by atoms with Crippen LogP contribution in [0.15, 0.2) is 24.3 Å². The number of rotatable bonds is 0. The van der Waals surface area contributed by atoms with Gasteiger partial charge in [0.2, 0.25) is 0 Å². The molecule has 0 saturated carbocycles. The van der Waals surface area contributed by atoms with Crippen molar-refractivity contribution < 1.29 is 4.39 Å². The third-order valence-corrected chi connectivity index (χ3v) is 1.08. The fourth-order valence-corrected chi connectivity index (χ4v) is 0.551. The Kier molecular flexibility index (Phi) is 12.7. The van der Waals surface area contributed by atoms with E-state index in [9.17, 15) is 4.39 Å². The third-order valence-electron chi connectivity index (χ3n) is 1.08. The minimum Gasteiger partial charge on any atom is -0.207 e. The molecule has 0 N–H and O–H groups in total. The van der Waals surface area contributed by atoms with Crippen LogP contribution in [-0.4, -0.2) is 0 Å². The first-order valence-corrected chi connectivity index (χ1v) is 2.52. The first-order chi connectivity index (χ1) is 3.80. The average molecular weight is 220 g/mol. The van der Waals surface area contributed by atoms with Gasteiger partial charge in [0.05, 0.1) is 0 Å². The van der Waals surface area contributed by atoms with E-state index >= 15 is 0 Å². The maximum atomic E-state index is 12.3. The van der Waals surface area contributed by atoms with Crippen molar-refractivity contribution in [2.75, 3.05) is 0 Å². The molecule has 11 heavy (non-hydrogen) atoms. The van der Waals surface area contributed by atoms with Gasteiger partial charge in [0.25, 0.3) is 0 Å². The minimum absolute atomic E-state index is 0. The van der Waals surface area contributed by atoms with Gasteiger partial charge >= 0.3 is 0 Å². The number of halogens is 4. The summed E-state index contributed by atoms with van der Waals surface area (Å²) < 4.78 is 12.3. The predicted octanol–water partition coefficient (Wildman–Crippen LogP) is 3.40. The van der Waals surface area contributed by atoms with Gasteiger partial charge < -0.3 is 0 Å². The normalized spacial score (nSPS) is 6.73. The topological polar surface area (TPSA) is 0 Å². The van der Waals surface area contributed by atoms with Gasteiger partial charge in [0.15, 0.2) is 0 Å². The third kappa shape index (κ3) is 5.31. The highest BCUT2D eigenvalue weighted by Gasteiger charge is 1.88. The summed E-state index contributed by atoms with van der Waals surface area (Å²) in [6.07, 6.45) is 0. The highest BCUT2D eigenvalue weighted by atomic mass is 35.5. The first-order valence-electron chi connectivity index (χ1n) is 2.52. The van der Waals surface area contributed by atoms with Gasteiger partial charge in [-0.3, -0.25) is 0 Å². The first kappa shape index (κ1) is 17.2. The summed E-state index contributed by atoms with van der Waals surface area (Å²) >= 11 is 0. The smallest absolute Gasteiger partial charge is 0.126 e. The maximum Gasteiger partial charge on any atom is 0.126 e. The van der Waals surface area contributed by atoms with Crippen molar-refractivity contribution in [3.05, 3.63) is 35.6 Å². The zero-order valence-electron chi connectivity index (χ0n) is 5.91. The van der Waals surface area contributed by atoms with Crippen LogP contribution < -0.4 is 0 Å². The molecule has 66 valence electrons. The van der Waals surface area contributed by atoms with E-state index in [1.165, 1.54) is 6.07 Å². The fraction of sp³-hybridized carbons (Fsp3) is 0.143. The standard InChI is InChI=1S/C7H7F.3ClH/c1-6-4-2-3-5-7(6)8;;;/h2-5H,1H3;3*1H. The summed E-state index contributed by atoms with van der Waals surface area (Å²) in [5.74, 6) is -0.132. The lowest BCUT2D eigenvalue weighted by Crippen LogP contribution is -1.76. The molecule has 0 aliphatic heterocycles. The summed E-state index contributed by atoms with van der Waals surface area (Å²) in [5.41, 5.74) is 0.701. The highest BCUT2D eigenvalue weighted by Crippen LogP contribution is 2.01. The van der Waals surface area contributed by atoms with E-state index in [4.69, 9.17) is 0 Å². The lowest BCUT2D eigenvalue weighted by atomic mass is 10.2. The summed E-state index contributed by atoms with van der Waals surface area (Å²) in [5, 5.41) is 0. The van der Waals surface area contributed by atoms with E-state index in [0.717, 1.165) is 0 Å². The van der Waals surface area contributed by atoms with E-state index in [1.807, 2.05) is 6.07 Å². The molecule has 0 aliphatic rings. The lowest BCUT2D eigenvalue weighted by Gasteiger charge is -1.89. The van der Waals surface area contributed by atoms with E-state index < -0.39 is 0 Å². The van der Waals surface area contributed by atoms with Gasteiger partial charge in [-0.25, -0.2) is 4.39 Å². The molecular weight excluding hydrogens is 209 g/mol. The summed E-state index contributed by atoms with van der Waals surface area (Å²) in [6.45, 7) is 1.75. The van der Waals surface area contributed by atoms with Crippen LogP contribution in [0.2, 0.25) is 0 Å². The zero-order chi connectivity index (χ0) is 5.98. The largest absolute Gasteiger partial charge is 0.207 e. The molecule has 0 bridgehead atoms. The zero-order valence-corrected chi connectivity index (χ0v) is 8.36. The molecule has 0 heterocycles. The molecule has 0 aromatic heterocycles. The van der Waals surface area contributed by atoms with E-state index in [1.54, 1.807) is 19.1 Å². The Morgan fingerprint density at radius 2 is 1.45 bits per heavy atom. The van der Waals surface area contributed by atoms with Crippen LogP contribution in [0.1, 0.15) is 5.56 Å². The van der Waals surface area contributed by atoms with E-state index in [0.29, 0.717) is 5.56 Å². The molecule has 0 fully saturated rings. The number of hydrogen-bond donors (Lipinski definition) is 0. The average Bonchev–Trinajstić information content (AvgIpc) is 1.77. The van der Waals surface area contributed by atoms with Crippen molar-refractivity contribution in [3.63, 3.8) is 0 Å². The Morgan fingerprint density at radius 1 is 1.00 bits per heavy atom.